The summed E-state index contributed by atoms with van der Waals surface area (Å²) in [6.45, 7) is 2.76. The van der Waals surface area contributed by atoms with Gasteiger partial charge in [0.15, 0.2) is 0 Å². The first-order valence-electron chi connectivity index (χ1n) is 13.1. The van der Waals surface area contributed by atoms with Gasteiger partial charge < -0.3 is 24.7 Å². The molecule has 6 nitrogen and oxygen atoms in total. The van der Waals surface area contributed by atoms with Gasteiger partial charge in [-0.2, -0.15) is 13.2 Å². The number of halogens is 3. The van der Waals surface area contributed by atoms with Gasteiger partial charge in [-0.1, -0.05) is 12.0 Å². The SMILES string of the molecule is COc1cc(SC)ccc1NCC#Cc1cc2c(NC3CCN(C4COC4)CC3)cccc2n1CC(F)(F)F. The number of anilines is 2. The molecule has 2 fully saturated rings. The predicted octanol–water partition coefficient (Wildman–Crippen LogP) is 5.67. The van der Waals surface area contributed by atoms with E-state index in [9.17, 15) is 13.2 Å². The van der Waals surface area contributed by atoms with E-state index in [4.69, 9.17) is 9.47 Å². The van der Waals surface area contributed by atoms with Crippen molar-refractivity contribution >= 4 is 34.0 Å². The van der Waals surface area contributed by atoms with Gasteiger partial charge >= 0.3 is 6.18 Å². The number of methoxy groups -OCH3 is 1. The zero-order chi connectivity index (χ0) is 27.4. The van der Waals surface area contributed by atoms with E-state index in [1.165, 1.54) is 4.57 Å². The van der Waals surface area contributed by atoms with Crippen LogP contribution >= 0.6 is 11.8 Å². The second-order valence-electron chi connectivity index (χ2n) is 9.84. The van der Waals surface area contributed by atoms with Crippen LogP contribution in [0.1, 0.15) is 18.5 Å². The van der Waals surface area contributed by atoms with E-state index in [1.807, 2.05) is 36.6 Å². The number of alkyl halides is 3. The fraction of sp³-hybridized carbons (Fsp3) is 0.448. The normalized spacial score (nSPS) is 16.9. The van der Waals surface area contributed by atoms with Crippen molar-refractivity contribution in [1.29, 1.82) is 0 Å². The van der Waals surface area contributed by atoms with Crippen LogP contribution in [0.3, 0.4) is 0 Å². The zero-order valence-corrected chi connectivity index (χ0v) is 22.9. The van der Waals surface area contributed by atoms with E-state index in [0.717, 1.165) is 60.8 Å². The van der Waals surface area contributed by atoms with Gasteiger partial charge in [0.2, 0.25) is 0 Å². The van der Waals surface area contributed by atoms with Crippen LogP contribution in [0.15, 0.2) is 47.4 Å². The topological polar surface area (TPSA) is 50.7 Å². The molecule has 208 valence electrons. The Morgan fingerprint density at radius 2 is 1.90 bits per heavy atom. The number of piperidine rings is 1. The number of hydrogen-bond donors (Lipinski definition) is 2. The number of nitrogens with zero attached hydrogens (tertiary/aromatic N) is 2. The largest absolute Gasteiger partial charge is 0.495 e. The number of thioether (sulfide) groups is 1. The lowest BCUT2D eigenvalue weighted by molar-refractivity contribution is -0.140. The third-order valence-electron chi connectivity index (χ3n) is 7.30. The third kappa shape index (κ3) is 6.60. The summed E-state index contributed by atoms with van der Waals surface area (Å²) in [5, 5.41) is 7.57. The van der Waals surface area contributed by atoms with Crippen molar-refractivity contribution in [2.45, 2.75) is 42.5 Å². The van der Waals surface area contributed by atoms with Crippen molar-refractivity contribution in [2.75, 3.05) is 56.8 Å². The van der Waals surface area contributed by atoms with Gasteiger partial charge in [-0.05, 0) is 61.4 Å². The Morgan fingerprint density at radius 1 is 1.10 bits per heavy atom. The molecule has 2 aliphatic rings. The van der Waals surface area contributed by atoms with Gasteiger partial charge in [-0.3, -0.25) is 4.90 Å². The van der Waals surface area contributed by atoms with Gasteiger partial charge in [0.25, 0.3) is 0 Å². The number of nitrogens with one attached hydrogen (secondary N) is 2. The molecular weight excluding hydrogens is 525 g/mol. The second kappa shape index (κ2) is 12.0. The van der Waals surface area contributed by atoms with Gasteiger partial charge in [-0.15, -0.1) is 11.8 Å². The molecule has 2 saturated heterocycles. The van der Waals surface area contributed by atoms with Crippen molar-refractivity contribution in [3.8, 4) is 17.6 Å². The standard InChI is InChI=1S/C29H33F3N4O2S/c1-37-28-16-23(39-2)8-9-26(28)33-12-4-5-21-15-24-25(6-3-7-27(24)36(21)19-29(30,31)32)34-20-10-13-35(14-11-20)22-17-38-18-22/h3,6-9,15-16,20,22,33-34H,10-14,17-19H2,1-2H3. The van der Waals surface area contributed by atoms with Gasteiger partial charge in [0, 0.05) is 35.1 Å². The highest BCUT2D eigenvalue weighted by molar-refractivity contribution is 7.98. The van der Waals surface area contributed by atoms with E-state index in [-0.39, 0.29) is 12.6 Å². The van der Waals surface area contributed by atoms with Crippen molar-refractivity contribution in [1.82, 2.24) is 9.47 Å². The van der Waals surface area contributed by atoms with E-state index in [2.05, 4.69) is 27.4 Å². The minimum atomic E-state index is -4.37. The molecule has 0 bridgehead atoms. The molecule has 0 atom stereocenters. The molecule has 0 amide bonds. The average molecular weight is 559 g/mol. The molecular formula is C29H33F3N4O2S. The summed E-state index contributed by atoms with van der Waals surface area (Å²) in [4.78, 5) is 3.54. The smallest absolute Gasteiger partial charge is 0.406 e. The van der Waals surface area contributed by atoms with Crippen molar-refractivity contribution in [3.63, 3.8) is 0 Å². The Kier molecular flexibility index (Phi) is 8.50. The fourth-order valence-electron chi connectivity index (χ4n) is 5.15. The molecule has 10 heteroatoms. The number of ether oxygens (including phenoxy) is 2. The molecule has 2 aliphatic heterocycles. The number of fused-ring (bicyclic) bond motifs is 1. The summed E-state index contributed by atoms with van der Waals surface area (Å²) in [6, 6.07) is 13.9. The maximum atomic E-state index is 13.6. The monoisotopic (exact) mass is 558 g/mol. The second-order valence-corrected chi connectivity index (χ2v) is 10.7. The van der Waals surface area contributed by atoms with E-state index >= 15 is 0 Å². The molecule has 0 saturated carbocycles. The van der Waals surface area contributed by atoms with Crippen LogP contribution in [-0.4, -0.2) is 73.9 Å². The Morgan fingerprint density at radius 3 is 2.56 bits per heavy atom. The molecule has 3 heterocycles. The van der Waals surface area contributed by atoms with Crippen molar-refractivity contribution in [2.24, 2.45) is 0 Å². The minimum absolute atomic E-state index is 0.262. The van der Waals surface area contributed by atoms with E-state index < -0.39 is 12.7 Å². The number of hydrogen-bond acceptors (Lipinski definition) is 6. The van der Waals surface area contributed by atoms with Crippen molar-refractivity contribution in [3.05, 3.63) is 48.2 Å². The third-order valence-corrected chi connectivity index (χ3v) is 8.03. The van der Waals surface area contributed by atoms with Crippen LogP contribution in [0, 0.1) is 11.8 Å². The predicted molar refractivity (Wildman–Crippen MR) is 151 cm³/mol. The highest BCUT2D eigenvalue weighted by atomic mass is 32.2. The molecule has 3 aromatic rings. The summed E-state index contributed by atoms with van der Waals surface area (Å²) in [5.41, 5.74) is 2.48. The Labute approximate surface area is 231 Å². The first kappa shape index (κ1) is 27.6. The number of benzene rings is 2. The van der Waals surface area contributed by atoms with Crippen LogP contribution in [0.2, 0.25) is 0 Å². The Balaban J connectivity index is 1.34. The first-order valence-corrected chi connectivity index (χ1v) is 14.3. The van der Waals surface area contributed by atoms with Crippen LogP contribution in [0.4, 0.5) is 24.5 Å². The fourth-order valence-corrected chi connectivity index (χ4v) is 5.57. The van der Waals surface area contributed by atoms with Gasteiger partial charge in [0.1, 0.15) is 12.3 Å². The lowest BCUT2D eigenvalue weighted by Crippen LogP contribution is -2.53. The Bertz CT molecular complexity index is 1350. The Hall–Kier alpha value is -3.00. The lowest BCUT2D eigenvalue weighted by Gasteiger charge is -2.41. The molecule has 2 N–H and O–H groups in total. The van der Waals surface area contributed by atoms with Crippen LogP contribution in [0.25, 0.3) is 10.9 Å². The van der Waals surface area contributed by atoms with Crippen LogP contribution in [-0.2, 0) is 11.3 Å². The van der Waals surface area contributed by atoms with Gasteiger partial charge in [0.05, 0.1) is 49.8 Å². The highest BCUT2D eigenvalue weighted by Gasteiger charge is 2.31. The number of likely N-dealkylation sites (tertiary alicyclic amines) is 1. The molecule has 2 aromatic carbocycles. The molecule has 1 aromatic heterocycles. The molecule has 39 heavy (non-hydrogen) atoms. The summed E-state index contributed by atoms with van der Waals surface area (Å²) >= 11 is 1.61. The van der Waals surface area contributed by atoms with Crippen molar-refractivity contribution < 1.29 is 22.6 Å². The molecule has 0 radical (unpaired) electrons. The molecule has 0 unspecified atom stereocenters. The zero-order valence-electron chi connectivity index (χ0n) is 22.1. The minimum Gasteiger partial charge on any atom is -0.495 e. The van der Waals surface area contributed by atoms with Gasteiger partial charge in [-0.25, -0.2) is 0 Å². The summed E-state index contributed by atoms with van der Waals surface area (Å²) in [7, 11) is 1.60. The van der Waals surface area contributed by atoms with E-state index in [1.54, 1.807) is 31.0 Å². The first-order chi connectivity index (χ1) is 18.8. The highest BCUT2D eigenvalue weighted by Crippen LogP contribution is 2.32. The average Bonchev–Trinajstić information content (AvgIpc) is 3.23. The summed E-state index contributed by atoms with van der Waals surface area (Å²) < 4.78 is 52.7. The molecule has 0 spiro atoms. The number of rotatable bonds is 8. The van der Waals surface area contributed by atoms with Crippen LogP contribution < -0.4 is 15.4 Å². The number of aromatic nitrogens is 1. The molecule has 0 aliphatic carbocycles. The summed E-state index contributed by atoms with van der Waals surface area (Å²) in [5.74, 6) is 6.67. The maximum absolute atomic E-state index is 13.6. The maximum Gasteiger partial charge on any atom is 0.406 e. The lowest BCUT2D eigenvalue weighted by atomic mass is 10.0. The summed E-state index contributed by atoms with van der Waals surface area (Å²) in [6.07, 6.45) is -0.414. The molecule has 5 rings (SSSR count). The van der Waals surface area contributed by atoms with E-state index in [0.29, 0.717) is 23.0 Å². The van der Waals surface area contributed by atoms with Crippen LogP contribution in [0.5, 0.6) is 5.75 Å². The quantitative estimate of drug-likeness (QED) is 0.274.